The molecule has 0 aliphatic carbocycles. The first kappa shape index (κ1) is 20.5. The molecule has 3 aromatic rings. The second-order valence-electron chi connectivity index (χ2n) is 7.16. The number of aromatic nitrogens is 2. The molecule has 2 aromatic carbocycles. The van der Waals surface area contributed by atoms with E-state index < -0.39 is 0 Å². The Morgan fingerprint density at radius 3 is 2.57 bits per heavy atom. The van der Waals surface area contributed by atoms with E-state index >= 15 is 0 Å². The molecule has 148 valence electrons. The molecule has 1 unspecified atom stereocenters. The van der Waals surface area contributed by atoms with E-state index in [-0.39, 0.29) is 30.3 Å². The highest BCUT2D eigenvalue weighted by Gasteiger charge is 2.35. The van der Waals surface area contributed by atoms with Crippen molar-refractivity contribution in [2.75, 3.05) is 13.1 Å². The maximum absolute atomic E-state index is 13.0. The van der Waals surface area contributed by atoms with Crippen molar-refractivity contribution in [3.8, 4) is 0 Å². The molecule has 2 heterocycles. The molecule has 7 heteroatoms. The number of likely N-dealkylation sites (tertiary alicyclic amines) is 1. The number of hydrogen-bond acceptors (Lipinski definition) is 5. The standard InChI is InChI=1S/C21H23FN4O.ClH/c1-14(26-12-18(19(23)13-26)16-5-3-2-4-6-16)21-24-20(25-27-21)11-15-7-9-17(22)10-8-15;/h2-10,14,18-19H,11-13,23H2,1H3;1H/t14?,18-,19+;/m0./s1. The van der Waals surface area contributed by atoms with Crippen LogP contribution in [0, 0.1) is 5.82 Å². The van der Waals surface area contributed by atoms with Crippen molar-refractivity contribution < 1.29 is 8.91 Å². The topological polar surface area (TPSA) is 68.2 Å². The van der Waals surface area contributed by atoms with Gasteiger partial charge in [-0.05, 0) is 30.2 Å². The zero-order valence-corrected chi connectivity index (χ0v) is 16.5. The van der Waals surface area contributed by atoms with Crippen LogP contribution >= 0.6 is 12.4 Å². The Balaban J connectivity index is 0.00000225. The van der Waals surface area contributed by atoms with Gasteiger partial charge in [0.1, 0.15) is 5.82 Å². The third-order valence-corrected chi connectivity index (χ3v) is 5.29. The number of halogens is 2. The monoisotopic (exact) mass is 402 g/mol. The summed E-state index contributed by atoms with van der Waals surface area (Å²) in [4.78, 5) is 6.83. The highest BCUT2D eigenvalue weighted by atomic mass is 35.5. The minimum absolute atomic E-state index is 0. The normalized spacial score (nSPS) is 20.7. The molecule has 0 saturated carbocycles. The van der Waals surface area contributed by atoms with Crippen LogP contribution in [0.15, 0.2) is 59.1 Å². The van der Waals surface area contributed by atoms with Crippen LogP contribution in [-0.4, -0.2) is 34.2 Å². The summed E-state index contributed by atoms with van der Waals surface area (Å²) < 4.78 is 18.5. The van der Waals surface area contributed by atoms with Crippen molar-refractivity contribution in [1.82, 2.24) is 15.0 Å². The number of nitrogens with zero attached hydrogens (tertiary/aromatic N) is 3. The third kappa shape index (κ3) is 4.41. The average Bonchev–Trinajstić information content (AvgIpc) is 3.30. The van der Waals surface area contributed by atoms with Crippen LogP contribution in [0.1, 0.15) is 41.7 Å². The molecule has 4 rings (SSSR count). The summed E-state index contributed by atoms with van der Waals surface area (Å²) in [5.41, 5.74) is 8.61. The molecule has 0 radical (unpaired) electrons. The summed E-state index contributed by atoms with van der Waals surface area (Å²) in [5.74, 6) is 1.24. The van der Waals surface area contributed by atoms with Crippen molar-refractivity contribution in [2.45, 2.75) is 31.3 Å². The van der Waals surface area contributed by atoms with Gasteiger partial charge in [0, 0.05) is 31.5 Å². The van der Waals surface area contributed by atoms with Crippen LogP contribution < -0.4 is 5.73 Å². The van der Waals surface area contributed by atoms with Crippen molar-refractivity contribution in [3.63, 3.8) is 0 Å². The van der Waals surface area contributed by atoms with Crippen molar-refractivity contribution in [1.29, 1.82) is 0 Å². The van der Waals surface area contributed by atoms with Gasteiger partial charge < -0.3 is 10.3 Å². The van der Waals surface area contributed by atoms with E-state index in [0.717, 1.165) is 18.7 Å². The molecular weight excluding hydrogens is 379 g/mol. The lowest BCUT2D eigenvalue weighted by Gasteiger charge is -2.20. The molecule has 5 nitrogen and oxygen atoms in total. The molecule has 1 saturated heterocycles. The Morgan fingerprint density at radius 1 is 1.14 bits per heavy atom. The smallest absolute Gasteiger partial charge is 0.243 e. The lowest BCUT2D eigenvalue weighted by atomic mass is 9.95. The third-order valence-electron chi connectivity index (χ3n) is 5.29. The van der Waals surface area contributed by atoms with Crippen LogP contribution in [-0.2, 0) is 6.42 Å². The molecule has 0 spiro atoms. The van der Waals surface area contributed by atoms with Crippen molar-refractivity contribution >= 4 is 12.4 Å². The van der Waals surface area contributed by atoms with Gasteiger partial charge in [-0.1, -0.05) is 47.6 Å². The largest absolute Gasteiger partial charge is 0.338 e. The summed E-state index contributed by atoms with van der Waals surface area (Å²) in [6.07, 6.45) is 0.517. The minimum atomic E-state index is -0.250. The van der Waals surface area contributed by atoms with Gasteiger partial charge in [0.15, 0.2) is 5.82 Å². The number of nitrogens with two attached hydrogens (primary N) is 1. The Bertz CT molecular complexity index is 887. The zero-order valence-electron chi connectivity index (χ0n) is 15.7. The maximum Gasteiger partial charge on any atom is 0.243 e. The van der Waals surface area contributed by atoms with Crippen LogP contribution in [0.4, 0.5) is 4.39 Å². The highest BCUT2D eigenvalue weighted by molar-refractivity contribution is 5.85. The van der Waals surface area contributed by atoms with Crippen LogP contribution in [0.5, 0.6) is 0 Å². The second kappa shape index (κ2) is 8.82. The van der Waals surface area contributed by atoms with E-state index in [0.29, 0.717) is 24.1 Å². The first-order valence-electron chi connectivity index (χ1n) is 9.21. The van der Waals surface area contributed by atoms with E-state index in [9.17, 15) is 4.39 Å². The van der Waals surface area contributed by atoms with Gasteiger partial charge in [0.2, 0.25) is 5.89 Å². The quantitative estimate of drug-likeness (QED) is 0.704. The predicted octanol–water partition coefficient (Wildman–Crippen LogP) is 3.71. The molecule has 1 aliphatic rings. The lowest BCUT2D eigenvalue weighted by molar-refractivity contribution is 0.205. The fourth-order valence-electron chi connectivity index (χ4n) is 3.68. The lowest BCUT2D eigenvalue weighted by Crippen LogP contribution is -2.30. The van der Waals surface area contributed by atoms with E-state index in [4.69, 9.17) is 10.3 Å². The molecule has 28 heavy (non-hydrogen) atoms. The van der Waals surface area contributed by atoms with Gasteiger partial charge in [-0.3, -0.25) is 4.90 Å². The van der Waals surface area contributed by atoms with Gasteiger partial charge in [0.25, 0.3) is 0 Å². The average molecular weight is 403 g/mol. The Hall–Kier alpha value is -2.28. The molecule has 1 aliphatic heterocycles. The Labute approximate surface area is 170 Å². The summed E-state index contributed by atoms with van der Waals surface area (Å²) >= 11 is 0. The molecule has 2 N–H and O–H groups in total. The van der Waals surface area contributed by atoms with Gasteiger partial charge in [-0.15, -0.1) is 12.4 Å². The molecule has 0 amide bonds. The Kier molecular flexibility index (Phi) is 6.44. The van der Waals surface area contributed by atoms with E-state index in [1.165, 1.54) is 17.7 Å². The molecule has 3 atom stereocenters. The fraction of sp³-hybridized carbons (Fsp3) is 0.333. The molecular formula is C21H24ClFN4O. The van der Waals surface area contributed by atoms with Crippen molar-refractivity contribution in [3.05, 3.63) is 83.3 Å². The first-order valence-corrected chi connectivity index (χ1v) is 9.21. The van der Waals surface area contributed by atoms with E-state index in [1.54, 1.807) is 12.1 Å². The summed E-state index contributed by atoms with van der Waals surface area (Å²) in [7, 11) is 0. The van der Waals surface area contributed by atoms with Crippen molar-refractivity contribution in [2.24, 2.45) is 5.73 Å². The van der Waals surface area contributed by atoms with Crippen LogP contribution in [0.25, 0.3) is 0 Å². The van der Waals surface area contributed by atoms with Crippen LogP contribution in [0.3, 0.4) is 0 Å². The Morgan fingerprint density at radius 2 is 1.86 bits per heavy atom. The first-order chi connectivity index (χ1) is 13.1. The molecule has 1 fully saturated rings. The molecule has 0 bridgehead atoms. The SMILES string of the molecule is CC(c1nc(Cc2ccc(F)cc2)no1)N1C[C@@H](N)[C@H](c2ccccc2)C1.Cl. The van der Waals surface area contributed by atoms with Gasteiger partial charge in [-0.25, -0.2) is 4.39 Å². The summed E-state index contributed by atoms with van der Waals surface area (Å²) in [5, 5.41) is 4.08. The number of hydrogen-bond donors (Lipinski definition) is 1. The number of benzene rings is 2. The highest BCUT2D eigenvalue weighted by Crippen LogP contribution is 2.31. The maximum atomic E-state index is 13.0. The van der Waals surface area contributed by atoms with Gasteiger partial charge >= 0.3 is 0 Å². The summed E-state index contributed by atoms with van der Waals surface area (Å²) in [6, 6.07) is 16.8. The van der Waals surface area contributed by atoms with Gasteiger partial charge in [0.05, 0.1) is 6.04 Å². The zero-order chi connectivity index (χ0) is 18.8. The summed E-state index contributed by atoms with van der Waals surface area (Å²) in [6.45, 7) is 3.72. The van der Waals surface area contributed by atoms with Gasteiger partial charge in [-0.2, -0.15) is 4.98 Å². The second-order valence-corrected chi connectivity index (χ2v) is 7.16. The van der Waals surface area contributed by atoms with E-state index in [2.05, 4.69) is 34.1 Å². The fourth-order valence-corrected chi connectivity index (χ4v) is 3.68. The van der Waals surface area contributed by atoms with Crippen LogP contribution in [0.2, 0.25) is 0 Å². The molecule has 1 aromatic heterocycles. The predicted molar refractivity (Wildman–Crippen MR) is 108 cm³/mol. The minimum Gasteiger partial charge on any atom is -0.338 e. The van der Waals surface area contributed by atoms with E-state index in [1.807, 2.05) is 18.2 Å². The number of rotatable bonds is 5.